The second-order valence-corrected chi connectivity index (χ2v) is 10.3. The molecule has 1 saturated carbocycles. The van der Waals surface area contributed by atoms with E-state index in [2.05, 4.69) is 33.6 Å². The zero-order valence-corrected chi connectivity index (χ0v) is 22.6. The first-order valence-corrected chi connectivity index (χ1v) is 13.8. The summed E-state index contributed by atoms with van der Waals surface area (Å²) in [5, 5.41) is 15.2. The largest absolute Gasteiger partial charge is 0.466 e. The number of fused-ring (bicyclic) bond motifs is 1. The van der Waals surface area contributed by atoms with E-state index in [4.69, 9.17) is 9.15 Å². The summed E-state index contributed by atoms with van der Waals surface area (Å²) in [5.74, 6) is 1.18. The minimum atomic E-state index is -0.621. The highest BCUT2D eigenvalue weighted by Crippen LogP contribution is 2.41. The van der Waals surface area contributed by atoms with Gasteiger partial charge >= 0.3 is 5.97 Å². The normalized spacial score (nSPS) is 14.5. The molecule has 9 heteroatoms. The number of carbonyl (C=O) groups is 2. The third-order valence-corrected chi connectivity index (χ3v) is 7.61. The van der Waals surface area contributed by atoms with Gasteiger partial charge in [0.15, 0.2) is 5.82 Å². The highest BCUT2D eigenvalue weighted by molar-refractivity contribution is 5.87. The fourth-order valence-electron chi connectivity index (χ4n) is 5.57. The molecule has 1 amide bonds. The van der Waals surface area contributed by atoms with E-state index in [0.29, 0.717) is 37.7 Å². The van der Waals surface area contributed by atoms with Crippen LogP contribution in [0, 0.1) is 5.41 Å². The van der Waals surface area contributed by atoms with Crippen LogP contribution < -0.4 is 0 Å². The van der Waals surface area contributed by atoms with Crippen molar-refractivity contribution in [3.05, 3.63) is 54.1 Å². The molecule has 0 saturated heterocycles. The van der Waals surface area contributed by atoms with Crippen molar-refractivity contribution in [2.75, 3.05) is 13.2 Å². The molecule has 5 rings (SSSR count). The van der Waals surface area contributed by atoms with Crippen molar-refractivity contribution in [2.24, 2.45) is 5.41 Å². The Morgan fingerprint density at radius 1 is 1.08 bits per heavy atom. The Hall–Kier alpha value is -4.01. The van der Waals surface area contributed by atoms with Crippen molar-refractivity contribution in [3.63, 3.8) is 0 Å². The molecule has 2 aromatic heterocycles. The minimum absolute atomic E-state index is 0.0787. The number of ether oxygens (including phenoxy) is 1. The summed E-state index contributed by atoms with van der Waals surface area (Å²) in [6, 6.07) is 15.8. The first kappa shape index (κ1) is 26.6. The number of benzene rings is 2. The Bertz CT molecular complexity index is 1420. The first-order valence-electron chi connectivity index (χ1n) is 13.8. The predicted octanol–water partition coefficient (Wildman–Crippen LogP) is 5.92. The Labute approximate surface area is 227 Å². The lowest BCUT2D eigenvalue weighted by molar-refractivity contribution is -0.157. The number of aromatic nitrogens is 4. The van der Waals surface area contributed by atoms with E-state index in [1.54, 1.807) is 0 Å². The zero-order valence-electron chi connectivity index (χ0n) is 22.6. The molecule has 0 unspecified atom stereocenters. The average Bonchev–Trinajstić information content (AvgIpc) is 3.73. The van der Waals surface area contributed by atoms with Crippen molar-refractivity contribution in [1.29, 1.82) is 0 Å². The van der Waals surface area contributed by atoms with Gasteiger partial charge in [-0.1, -0.05) is 56.5 Å². The Morgan fingerprint density at radius 2 is 1.87 bits per heavy atom. The van der Waals surface area contributed by atoms with E-state index in [1.807, 2.05) is 54.3 Å². The van der Waals surface area contributed by atoms with Crippen molar-refractivity contribution in [2.45, 2.75) is 65.3 Å². The van der Waals surface area contributed by atoms with Gasteiger partial charge < -0.3 is 14.1 Å². The van der Waals surface area contributed by atoms with E-state index >= 15 is 0 Å². The van der Waals surface area contributed by atoms with Crippen LogP contribution in [0.3, 0.4) is 0 Å². The van der Waals surface area contributed by atoms with Gasteiger partial charge in [-0.2, -0.15) is 0 Å². The van der Waals surface area contributed by atoms with Gasteiger partial charge in [-0.05, 0) is 60.4 Å². The summed E-state index contributed by atoms with van der Waals surface area (Å²) in [5.41, 5.74) is 2.84. The molecule has 9 nitrogen and oxygen atoms in total. The summed E-state index contributed by atoms with van der Waals surface area (Å²) >= 11 is 0. The number of rotatable bonds is 11. The molecule has 4 aromatic rings. The summed E-state index contributed by atoms with van der Waals surface area (Å²) < 4.78 is 11.7. The Balaban J connectivity index is 1.43. The number of tetrazole rings is 1. The summed E-state index contributed by atoms with van der Waals surface area (Å²) in [7, 11) is 0. The molecule has 1 fully saturated rings. The summed E-state index contributed by atoms with van der Waals surface area (Å²) in [4.78, 5) is 28.3. The number of nitrogens with one attached hydrogen (secondary N) is 1. The fraction of sp³-hybridized carbons (Fsp3) is 0.433. The molecule has 0 aliphatic heterocycles. The van der Waals surface area contributed by atoms with Crippen molar-refractivity contribution in [3.8, 4) is 22.7 Å². The number of furan rings is 1. The summed E-state index contributed by atoms with van der Waals surface area (Å²) in [6.45, 7) is 5.08. The van der Waals surface area contributed by atoms with E-state index in [9.17, 15) is 9.59 Å². The highest BCUT2D eigenvalue weighted by atomic mass is 16.5. The fourth-order valence-corrected chi connectivity index (χ4v) is 5.57. The minimum Gasteiger partial charge on any atom is -0.466 e. The number of H-pyrrole nitrogens is 1. The van der Waals surface area contributed by atoms with Crippen molar-refractivity contribution < 1.29 is 18.7 Å². The van der Waals surface area contributed by atoms with Crippen LogP contribution in [0.25, 0.3) is 33.7 Å². The number of unbranched alkanes of at least 4 members (excludes halogenated alkanes) is 1. The lowest BCUT2D eigenvalue weighted by Crippen LogP contribution is -2.44. The van der Waals surface area contributed by atoms with Crippen LogP contribution in [0.5, 0.6) is 0 Å². The van der Waals surface area contributed by atoms with Crippen LogP contribution in [0.15, 0.2) is 52.9 Å². The number of nitrogens with zero attached hydrogens (tertiary/aromatic N) is 4. The van der Waals surface area contributed by atoms with Crippen molar-refractivity contribution >= 4 is 22.8 Å². The zero-order chi connectivity index (χ0) is 27.2. The van der Waals surface area contributed by atoms with Crippen LogP contribution in [0.4, 0.5) is 0 Å². The Kier molecular flexibility index (Phi) is 8.05. The number of aromatic amines is 1. The molecule has 1 aliphatic rings. The molecule has 204 valence electrons. The summed E-state index contributed by atoms with van der Waals surface area (Å²) in [6.07, 6.45) is 5.71. The average molecular weight is 530 g/mol. The molecule has 0 bridgehead atoms. The van der Waals surface area contributed by atoms with Crippen LogP contribution in [0.2, 0.25) is 0 Å². The maximum atomic E-state index is 13.4. The second-order valence-electron chi connectivity index (χ2n) is 10.3. The van der Waals surface area contributed by atoms with Gasteiger partial charge in [-0.15, -0.1) is 5.10 Å². The number of hydrogen-bond acceptors (Lipinski definition) is 7. The van der Waals surface area contributed by atoms with E-state index in [0.717, 1.165) is 66.2 Å². The maximum absolute atomic E-state index is 13.4. The van der Waals surface area contributed by atoms with Gasteiger partial charge in [-0.25, -0.2) is 5.10 Å². The topological polar surface area (TPSA) is 114 Å². The van der Waals surface area contributed by atoms with Gasteiger partial charge in [-0.3, -0.25) is 9.59 Å². The predicted molar refractivity (Wildman–Crippen MR) is 147 cm³/mol. The molecule has 39 heavy (non-hydrogen) atoms. The third kappa shape index (κ3) is 5.72. The quantitative estimate of drug-likeness (QED) is 0.240. The maximum Gasteiger partial charge on any atom is 0.313 e. The van der Waals surface area contributed by atoms with Crippen LogP contribution in [0.1, 0.15) is 64.4 Å². The van der Waals surface area contributed by atoms with E-state index in [1.165, 1.54) is 0 Å². The van der Waals surface area contributed by atoms with Gasteiger partial charge in [0.05, 0.1) is 12.0 Å². The monoisotopic (exact) mass is 529 g/mol. The van der Waals surface area contributed by atoms with Crippen molar-refractivity contribution in [1.82, 2.24) is 25.5 Å². The molecular formula is C30H35N5O4. The highest BCUT2D eigenvalue weighted by Gasteiger charge is 2.44. The molecule has 2 aromatic carbocycles. The van der Waals surface area contributed by atoms with Gasteiger partial charge in [0.25, 0.3) is 0 Å². The number of esters is 1. The molecule has 0 radical (unpaired) electrons. The van der Waals surface area contributed by atoms with Gasteiger partial charge in [0, 0.05) is 36.0 Å². The molecule has 2 heterocycles. The SMILES string of the molecule is CCCCC(=O)N(Cc1ccc2oc(-c3ccccc3-c3nnn[nH]3)cc2c1)CC1(C(=O)OCC)CCCC1. The van der Waals surface area contributed by atoms with Crippen LogP contribution in [-0.2, 0) is 20.9 Å². The number of hydrogen-bond donors (Lipinski definition) is 1. The van der Waals surface area contributed by atoms with Crippen LogP contribution in [-0.4, -0.2) is 50.6 Å². The van der Waals surface area contributed by atoms with Gasteiger partial charge in [0.1, 0.15) is 11.3 Å². The van der Waals surface area contributed by atoms with E-state index < -0.39 is 5.41 Å². The lowest BCUT2D eigenvalue weighted by atomic mass is 9.85. The lowest BCUT2D eigenvalue weighted by Gasteiger charge is -2.34. The molecule has 1 N–H and O–H groups in total. The number of carbonyl (C=O) groups excluding carboxylic acids is 2. The van der Waals surface area contributed by atoms with Gasteiger partial charge in [0.2, 0.25) is 5.91 Å². The number of amides is 1. The smallest absolute Gasteiger partial charge is 0.313 e. The first-order chi connectivity index (χ1) is 19.0. The Morgan fingerprint density at radius 3 is 2.59 bits per heavy atom. The molecule has 1 aliphatic carbocycles. The molecule has 0 spiro atoms. The second kappa shape index (κ2) is 11.8. The molecule has 0 atom stereocenters. The molecular weight excluding hydrogens is 494 g/mol. The van der Waals surface area contributed by atoms with Crippen LogP contribution >= 0.6 is 0 Å². The standard InChI is InChI=1S/C30H35N5O4/c1-3-5-12-27(36)35(20-30(15-8-9-16-30)29(37)38-4-2)19-21-13-14-25-22(17-21)18-26(39-25)23-10-6-7-11-24(23)28-31-33-34-32-28/h6-7,10-11,13-14,17-18H,3-5,8-9,12,15-16,19-20H2,1-2H3,(H,31,32,33,34). The third-order valence-electron chi connectivity index (χ3n) is 7.61. The van der Waals surface area contributed by atoms with E-state index in [-0.39, 0.29) is 11.9 Å².